The second-order valence-corrected chi connectivity index (χ2v) is 6.43. The predicted molar refractivity (Wildman–Crippen MR) is 93.9 cm³/mol. The van der Waals surface area contributed by atoms with Gasteiger partial charge in [0.15, 0.2) is 0 Å². The number of anilines is 2. The van der Waals surface area contributed by atoms with Crippen LogP contribution in [-0.2, 0) is 9.53 Å². The highest BCUT2D eigenvalue weighted by molar-refractivity contribution is 5.90. The maximum Gasteiger partial charge on any atom is 0.414 e. The standard InChI is InChI=1S/C16H19FN6O4/c1-9(24)19-5-11-6-23(16(26)27-11)10-2-3-14(12(17)4-10)22-7-13(20-21-18)15(25)8-22/h2-4,11,13,15,25H,5-8H2,1H3,(H,19,24). The van der Waals surface area contributed by atoms with Gasteiger partial charge in [0.1, 0.15) is 11.9 Å². The summed E-state index contributed by atoms with van der Waals surface area (Å²) in [6.07, 6.45) is -2.00. The van der Waals surface area contributed by atoms with Gasteiger partial charge in [-0.3, -0.25) is 9.69 Å². The Kier molecular flexibility index (Phi) is 5.33. The smallest absolute Gasteiger partial charge is 0.414 e. The van der Waals surface area contributed by atoms with Gasteiger partial charge in [-0.05, 0) is 23.7 Å². The molecule has 2 heterocycles. The van der Waals surface area contributed by atoms with Crippen molar-refractivity contribution in [2.75, 3.05) is 36.0 Å². The summed E-state index contributed by atoms with van der Waals surface area (Å²) >= 11 is 0. The summed E-state index contributed by atoms with van der Waals surface area (Å²) in [5, 5.41) is 16.0. The molecule has 3 unspecified atom stereocenters. The Balaban J connectivity index is 1.71. The Morgan fingerprint density at radius 2 is 2.26 bits per heavy atom. The summed E-state index contributed by atoms with van der Waals surface area (Å²) in [6, 6.07) is 3.65. The van der Waals surface area contributed by atoms with Crippen molar-refractivity contribution in [2.24, 2.45) is 5.11 Å². The molecule has 2 amide bonds. The van der Waals surface area contributed by atoms with Gasteiger partial charge in [0, 0.05) is 24.9 Å². The van der Waals surface area contributed by atoms with Crippen LogP contribution >= 0.6 is 0 Å². The summed E-state index contributed by atoms with van der Waals surface area (Å²) < 4.78 is 19.8. The molecular weight excluding hydrogens is 359 g/mol. The Hall–Kier alpha value is -3.04. The molecule has 1 aromatic carbocycles. The fraction of sp³-hybridized carbons (Fsp3) is 0.500. The van der Waals surface area contributed by atoms with Gasteiger partial charge in [0.2, 0.25) is 5.91 Å². The maximum atomic E-state index is 14.6. The summed E-state index contributed by atoms with van der Waals surface area (Å²) in [5.74, 6) is -0.800. The Morgan fingerprint density at radius 3 is 2.93 bits per heavy atom. The number of carbonyl (C=O) groups is 2. The molecule has 0 radical (unpaired) electrons. The lowest BCUT2D eigenvalue weighted by atomic mass is 10.2. The second kappa shape index (κ2) is 7.68. The van der Waals surface area contributed by atoms with Crippen molar-refractivity contribution in [2.45, 2.75) is 25.2 Å². The molecule has 1 aromatic rings. The summed E-state index contributed by atoms with van der Waals surface area (Å²) in [5.41, 5.74) is 9.09. The molecule has 2 fully saturated rings. The average molecular weight is 378 g/mol. The molecule has 144 valence electrons. The zero-order valence-corrected chi connectivity index (χ0v) is 14.6. The number of nitrogens with one attached hydrogen (secondary N) is 1. The molecule has 0 aromatic heterocycles. The van der Waals surface area contributed by atoms with Gasteiger partial charge in [-0.2, -0.15) is 0 Å². The molecule has 3 atom stereocenters. The van der Waals surface area contributed by atoms with Crippen LogP contribution in [0.1, 0.15) is 6.92 Å². The van der Waals surface area contributed by atoms with E-state index in [1.807, 2.05) is 0 Å². The van der Waals surface area contributed by atoms with Crippen LogP contribution in [0.15, 0.2) is 23.3 Å². The van der Waals surface area contributed by atoms with E-state index in [0.717, 1.165) is 0 Å². The maximum absolute atomic E-state index is 14.6. The largest absolute Gasteiger partial charge is 0.442 e. The van der Waals surface area contributed by atoms with Crippen molar-refractivity contribution in [1.29, 1.82) is 0 Å². The predicted octanol–water partition coefficient (Wildman–Crippen LogP) is 1.15. The molecular formula is C16H19FN6O4. The number of azide groups is 1. The van der Waals surface area contributed by atoms with Gasteiger partial charge in [0.05, 0.1) is 36.6 Å². The van der Waals surface area contributed by atoms with Crippen molar-refractivity contribution >= 4 is 23.4 Å². The number of carbonyl (C=O) groups excluding carboxylic acids is 2. The third-order valence-electron chi connectivity index (χ3n) is 4.50. The highest BCUT2D eigenvalue weighted by Gasteiger charge is 2.34. The first-order valence-corrected chi connectivity index (χ1v) is 8.38. The van der Waals surface area contributed by atoms with Crippen molar-refractivity contribution in [1.82, 2.24) is 5.32 Å². The number of aliphatic hydroxyl groups excluding tert-OH is 1. The molecule has 2 saturated heterocycles. The van der Waals surface area contributed by atoms with Gasteiger partial charge in [-0.25, -0.2) is 9.18 Å². The van der Waals surface area contributed by atoms with Crippen LogP contribution in [-0.4, -0.2) is 61.5 Å². The van der Waals surface area contributed by atoms with Crippen LogP contribution in [0.4, 0.5) is 20.6 Å². The van der Waals surface area contributed by atoms with E-state index in [-0.39, 0.29) is 37.8 Å². The lowest BCUT2D eigenvalue weighted by molar-refractivity contribution is -0.119. The molecule has 0 aliphatic carbocycles. The topological polar surface area (TPSA) is 131 Å². The Morgan fingerprint density at radius 1 is 1.48 bits per heavy atom. The molecule has 27 heavy (non-hydrogen) atoms. The van der Waals surface area contributed by atoms with Crippen LogP contribution in [0.2, 0.25) is 0 Å². The van der Waals surface area contributed by atoms with Crippen LogP contribution in [0.5, 0.6) is 0 Å². The van der Waals surface area contributed by atoms with Gasteiger partial charge < -0.3 is 20.1 Å². The first-order chi connectivity index (χ1) is 12.9. The number of rotatable bonds is 5. The zero-order chi connectivity index (χ0) is 19.6. The second-order valence-electron chi connectivity index (χ2n) is 6.43. The number of nitrogens with zero attached hydrogens (tertiary/aromatic N) is 5. The van der Waals surface area contributed by atoms with Crippen LogP contribution in [0, 0.1) is 5.82 Å². The van der Waals surface area contributed by atoms with Gasteiger partial charge in [-0.1, -0.05) is 5.11 Å². The van der Waals surface area contributed by atoms with E-state index in [2.05, 4.69) is 15.3 Å². The average Bonchev–Trinajstić information content (AvgIpc) is 3.16. The third-order valence-corrected chi connectivity index (χ3v) is 4.50. The lowest BCUT2D eigenvalue weighted by Gasteiger charge is -2.20. The van der Waals surface area contributed by atoms with Crippen LogP contribution < -0.4 is 15.1 Å². The highest BCUT2D eigenvalue weighted by atomic mass is 19.1. The fourth-order valence-electron chi connectivity index (χ4n) is 3.16. The first-order valence-electron chi connectivity index (χ1n) is 8.38. The number of hydrogen-bond acceptors (Lipinski definition) is 6. The van der Waals surface area contributed by atoms with Crippen molar-refractivity contribution in [3.05, 3.63) is 34.5 Å². The van der Waals surface area contributed by atoms with E-state index in [4.69, 9.17) is 10.3 Å². The minimum Gasteiger partial charge on any atom is -0.442 e. The first kappa shape index (κ1) is 18.7. The number of amides is 2. The highest BCUT2D eigenvalue weighted by Crippen LogP contribution is 2.30. The van der Waals surface area contributed by atoms with Gasteiger partial charge in [0.25, 0.3) is 0 Å². The normalized spacial score (nSPS) is 24.6. The van der Waals surface area contributed by atoms with Gasteiger partial charge in [-0.15, -0.1) is 0 Å². The minimum atomic E-state index is -0.872. The summed E-state index contributed by atoms with van der Waals surface area (Å²) in [6.45, 7) is 2.09. The van der Waals surface area contributed by atoms with Crippen LogP contribution in [0.25, 0.3) is 10.4 Å². The molecule has 10 nitrogen and oxygen atoms in total. The SMILES string of the molecule is CC(=O)NCC1CN(c2ccc(N3CC(O)C(N=[N+]=[N-])C3)c(F)c2)C(=O)O1. The van der Waals surface area contributed by atoms with Crippen molar-refractivity contribution < 1.29 is 23.8 Å². The summed E-state index contributed by atoms with van der Waals surface area (Å²) in [4.78, 5) is 28.6. The monoisotopic (exact) mass is 378 g/mol. The minimum absolute atomic E-state index is 0.143. The number of ether oxygens (including phenoxy) is 1. The van der Waals surface area contributed by atoms with Gasteiger partial charge >= 0.3 is 6.09 Å². The fourth-order valence-corrected chi connectivity index (χ4v) is 3.16. The molecule has 11 heteroatoms. The van der Waals surface area contributed by atoms with E-state index < -0.39 is 30.2 Å². The van der Waals surface area contributed by atoms with Crippen LogP contribution in [0.3, 0.4) is 0 Å². The molecule has 0 saturated carbocycles. The number of aliphatic hydroxyl groups is 1. The van der Waals surface area contributed by atoms with Crippen molar-refractivity contribution in [3.8, 4) is 0 Å². The van der Waals surface area contributed by atoms with Crippen molar-refractivity contribution in [3.63, 3.8) is 0 Å². The number of halogens is 1. The van der Waals surface area contributed by atoms with E-state index >= 15 is 0 Å². The zero-order valence-electron chi connectivity index (χ0n) is 14.6. The molecule has 2 aliphatic heterocycles. The summed E-state index contributed by atoms with van der Waals surface area (Å²) in [7, 11) is 0. The van der Waals surface area contributed by atoms with E-state index in [1.54, 1.807) is 11.0 Å². The molecule has 2 N–H and O–H groups in total. The van der Waals surface area contributed by atoms with E-state index in [1.165, 1.54) is 24.0 Å². The Bertz CT molecular complexity index is 799. The van der Waals surface area contributed by atoms with E-state index in [0.29, 0.717) is 5.69 Å². The number of cyclic esters (lactones) is 1. The quantitative estimate of drug-likeness (QED) is 0.451. The number of β-amino-alcohol motifs (C(OH)–C–C–N with tert-alkyl or cyclic N) is 1. The third kappa shape index (κ3) is 4.04. The number of benzene rings is 1. The molecule has 0 bridgehead atoms. The number of hydrogen-bond donors (Lipinski definition) is 2. The Labute approximate surface area is 154 Å². The molecule has 3 rings (SSSR count). The molecule has 0 spiro atoms. The van der Waals surface area contributed by atoms with E-state index in [9.17, 15) is 19.1 Å². The lowest BCUT2D eigenvalue weighted by Crippen LogP contribution is -2.33. The molecule has 2 aliphatic rings.